The lowest BCUT2D eigenvalue weighted by molar-refractivity contribution is -0.757. The van der Waals surface area contributed by atoms with Crippen LogP contribution < -0.4 is 0 Å². The summed E-state index contributed by atoms with van der Waals surface area (Å²) >= 11 is 0. The summed E-state index contributed by atoms with van der Waals surface area (Å²) < 4.78 is 4.95. The van der Waals surface area contributed by atoms with Crippen LogP contribution in [0.3, 0.4) is 0 Å². The number of nitrogens with zero attached hydrogens (tertiary/aromatic N) is 1. The van der Waals surface area contributed by atoms with E-state index in [0.29, 0.717) is 18.9 Å². The lowest BCUT2D eigenvalue weighted by atomic mass is 9.80. The summed E-state index contributed by atoms with van der Waals surface area (Å²) in [5, 5.41) is 28.1. The van der Waals surface area contributed by atoms with Crippen LogP contribution in [0, 0.1) is 16.0 Å². The molecule has 2 rings (SSSR count). The van der Waals surface area contributed by atoms with Crippen molar-refractivity contribution in [3.05, 3.63) is 57.7 Å². The Morgan fingerprint density at radius 1 is 1.17 bits per heavy atom. The molecule has 1 aliphatic rings. The molecule has 0 amide bonds. The topological polar surface area (TPSA) is 119 Å². The Hall–Kier alpha value is -3.03. The molecule has 0 radical (unpaired) electrons. The van der Waals surface area contributed by atoms with Crippen LogP contribution >= 0.6 is 0 Å². The molecule has 0 bridgehead atoms. The van der Waals surface area contributed by atoms with E-state index in [1.54, 1.807) is 12.1 Å². The number of benzene rings is 1. The molecule has 8 heteroatoms. The van der Waals surface area contributed by atoms with Gasteiger partial charge in [-0.2, -0.15) is 0 Å². The van der Waals surface area contributed by atoms with Gasteiger partial charge >= 0.3 is 5.97 Å². The Morgan fingerprint density at radius 2 is 1.77 bits per heavy atom. The second-order valence-corrected chi connectivity index (χ2v) is 9.10. The highest BCUT2D eigenvalue weighted by molar-refractivity contribution is 5.66. The van der Waals surface area contributed by atoms with Crippen LogP contribution in [-0.2, 0) is 19.8 Å². The number of esters is 1. The number of aromatic hydroxyl groups is 2. The van der Waals surface area contributed by atoms with Gasteiger partial charge in [0.25, 0.3) is 5.09 Å². The van der Waals surface area contributed by atoms with E-state index in [9.17, 15) is 25.1 Å². The molecule has 1 aromatic carbocycles. The fourth-order valence-electron chi connectivity index (χ4n) is 3.60. The van der Waals surface area contributed by atoms with Crippen LogP contribution in [0.25, 0.3) is 0 Å². The number of phenols is 2. The molecule has 0 aromatic heterocycles. The molecule has 0 fully saturated rings. The summed E-state index contributed by atoms with van der Waals surface area (Å²) in [4.78, 5) is 24.8. The van der Waals surface area contributed by atoms with Crippen molar-refractivity contribution in [3.8, 4) is 11.5 Å². The number of carbonyl (C=O) groups is 1. The van der Waals surface area contributed by atoms with Gasteiger partial charge in [0.1, 0.15) is 18.1 Å². The van der Waals surface area contributed by atoms with Crippen molar-refractivity contribution in [2.24, 2.45) is 5.92 Å². The molecule has 0 heterocycles. The maximum atomic E-state index is 10.6. The molecule has 0 aliphatic heterocycles. The third-order valence-electron chi connectivity index (χ3n) is 5.74. The SMILES string of the molecule is C=C(C)C1CC=C(COC(C)=O)CC1.CC.CC(C)(CCCCO[N+](=O)[O-])c1cc(O)cc(O)c1. The summed E-state index contributed by atoms with van der Waals surface area (Å²) in [6.45, 7) is 16.0. The molecular weight excluding hydrogens is 450 g/mol. The van der Waals surface area contributed by atoms with E-state index in [1.807, 2.05) is 27.7 Å². The summed E-state index contributed by atoms with van der Waals surface area (Å²) in [5.41, 5.74) is 3.11. The summed E-state index contributed by atoms with van der Waals surface area (Å²) in [6, 6.07) is 4.52. The van der Waals surface area contributed by atoms with Crippen molar-refractivity contribution >= 4 is 5.97 Å². The normalized spacial score (nSPS) is 14.8. The van der Waals surface area contributed by atoms with Crippen LogP contribution in [-0.4, -0.2) is 34.5 Å². The molecular formula is C27H43NO7. The highest BCUT2D eigenvalue weighted by Gasteiger charge is 2.21. The predicted molar refractivity (Wildman–Crippen MR) is 138 cm³/mol. The molecule has 1 atom stereocenters. The van der Waals surface area contributed by atoms with E-state index in [2.05, 4.69) is 24.4 Å². The first kappa shape index (κ1) is 32.0. The van der Waals surface area contributed by atoms with Crippen molar-refractivity contribution < 1.29 is 29.7 Å². The highest BCUT2D eigenvalue weighted by Crippen LogP contribution is 2.33. The quantitative estimate of drug-likeness (QED) is 0.123. The van der Waals surface area contributed by atoms with Gasteiger partial charge in [-0.05, 0) is 73.6 Å². The van der Waals surface area contributed by atoms with E-state index in [-0.39, 0.29) is 29.5 Å². The first-order valence-electron chi connectivity index (χ1n) is 12.2. The number of rotatable bonds is 10. The minimum atomic E-state index is -0.793. The van der Waals surface area contributed by atoms with Gasteiger partial charge in [0.15, 0.2) is 0 Å². The van der Waals surface area contributed by atoms with Crippen LogP contribution in [0.1, 0.15) is 85.6 Å². The first-order valence-corrected chi connectivity index (χ1v) is 12.2. The Morgan fingerprint density at radius 3 is 2.23 bits per heavy atom. The smallest absolute Gasteiger partial charge is 0.302 e. The summed E-state index contributed by atoms with van der Waals surface area (Å²) in [7, 11) is 0. The zero-order valence-electron chi connectivity index (χ0n) is 22.1. The highest BCUT2D eigenvalue weighted by atomic mass is 16.9. The van der Waals surface area contributed by atoms with E-state index in [0.717, 1.165) is 37.7 Å². The van der Waals surface area contributed by atoms with Crippen LogP contribution in [0.15, 0.2) is 42.0 Å². The van der Waals surface area contributed by atoms with Gasteiger partial charge in [-0.1, -0.05) is 52.3 Å². The van der Waals surface area contributed by atoms with Gasteiger partial charge < -0.3 is 19.8 Å². The number of hydrogen-bond acceptors (Lipinski definition) is 7. The lowest BCUT2D eigenvalue weighted by Gasteiger charge is -2.25. The maximum absolute atomic E-state index is 10.6. The van der Waals surface area contributed by atoms with Crippen molar-refractivity contribution in [1.82, 2.24) is 0 Å². The minimum Gasteiger partial charge on any atom is -0.508 e. The van der Waals surface area contributed by atoms with Crippen LogP contribution in [0.2, 0.25) is 0 Å². The van der Waals surface area contributed by atoms with E-state index < -0.39 is 5.09 Å². The average molecular weight is 494 g/mol. The monoisotopic (exact) mass is 493 g/mol. The number of carbonyl (C=O) groups excluding carboxylic acids is 1. The largest absolute Gasteiger partial charge is 0.508 e. The fraction of sp³-hybridized carbons (Fsp3) is 0.593. The predicted octanol–water partition coefficient (Wildman–Crippen LogP) is 6.63. The average Bonchev–Trinajstić information content (AvgIpc) is 2.78. The van der Waals surface area contributed by atoms with Gasteiger partial charge in [0, 0.05) is 13.0 Å². The number of allylic oxidation sites excluding steroid dienone is 2. The molecule has 8 nitrogen and oxygen atoms in total. The molecule has 1 aliphatic carbocycles. The van der Waals surface area contributed by atoms with Crippen molar-refractivity contribution in [1.29, 1.82) is 0 Å². The third-order valence-corrected chi connectivity index (χ3v) is 5.74. The number of hydrogen-bond donors (Lipinski definition) is 2. The van der Waals surface area contributed by atoms with Gasteiger partial charge in [-0.3, -0.25) is 4.79 Å². The number of phenolic OH excluding ortho intramolecular Hbond substituents is 2. The van der Waals surface area contributed by atoms with E-state index >= 15 is 0 Å². The second-order valence-electron chi connectivity index (χ2n) is 9.10. The first-order chi connectivity index (χ1) is 16.4. The van der Waals surface area contributed by atoms with Crippen LogP contribution in [0.5, 0.6) is 11.5 Å². The van der Waals surface area contributed by atoms with Crippen molar-refractivity contribution in [2.75, 3.05) is 13.2 Å². The van der Waals surface area contributed by atoms with Crippen molar-refractivity contribution in [2.45, 2.75) is 85.5 Å². The Labute approximate surface area is 209 Å². The zero-order chi connectivity index (χ0) is 27.0. The number of ether oxygens (including phenoxy) is 1. The molecule has 0 spiro atoms. The Bertz CT molecular complexity index is 826. The second kappa shape index (κ2) is 16.6. The van der Waals surface area contributed by atoms with Crippen LogP contribution in [0.4, 0.5) is 0 Å². The van der Waals surface area contributed by atoms with Gasteiger partial charge in [-0.15, -0.1) is 10.1 Å². The molecule has 2 N–H and O–H groups in total. The standard InChI is InChI=1S/C13H19NO5.C12H18O2.C2H6/c1-13(2,5-3-4-6-19-14(17)18)10-7-11(15)9-12(16)8-10;1-9(2)12-6-4-11(5-7-12)8-14-10(3)13;1-2/h7-9,15-16H,3-6H2,1-2H3;4,12H,1,5-8H2,2-3H3;1-2H3. The molecule has 0 saturated heterocycles. The molecule has 198 valence electrons. The van der Waals surface area contributed by atoms with Gasteiger partial charge in [-0.25, -0.2) is 0 Å². The third kappa shape index (κ3) is 14.1. The summed E-state index contributed by atoms with van der Waals surface area (Å²) in [5.74, 6) is 0.475. The zero-order valence-corrected chi connectivity index (χ0v) is 22.1. The Balaban J connectivity index is 0.000000641. The molecule has 1 unspecified atom stereocenters. The molecule has 1 aromatic rings. The lowest BCUT2D eigenvalue weighted by Crippen LogP contribution is -2.17. The minimum absolute atomic E-state index is 0.0276. The van der Waals surface area contributed by atoms with Gasteiger partial charge in [0.05, 0.1) is 6.61 Å². The summed E-state index contributed by atoms with van der Waals surface area (Å²) in [6.07, 6.45) is 7.54. The van der Waals surface area contributed by atoms with E-state index in [4.69, 9.17) is 4.74 Å². The molecule has 35 heavy (non-hydrogen) atoms. The number of unbranched alkanes of at least 4 members (excludes halogenated alkanes) is 1. The Kier molecular flexibility index (Phi) is 15.1. The van der Waals surface area contributed by atoms with E-state index in [1.165, 1.54) is 24.1 Å². The van der Waals surface area contributed by atoms with Gasteiger partial charge in [0.2, 0.25) is 0 Å². The fourth-order valence-corrected chi connectivity index (χ4v) is 3.60. The van der Waals surface area contributed by atoms with Crippen molar-refractivity contribution in [3.63, 3.8) is 0 Å². The molecule has 0 saturated carbocycles. The maximum Gasteiger partial charge on any atom is 0.302 e.